The van der Waals surface area contributed by atoms with Crippen molar-refractivity contribution in [2.45, 2.75) is 26.4 Å². The Morgan fingerprint density at radius 3 is 2.55 bits per heavy atom. The van der Waals surface area contributed by atoms with Gasteiger partial charge < -0.3 is 19.4 Å². The number of aromatic nitrogens is 2. The van der Waals surface area contributed by atoms with E-state index in [1.165, 1.54) is 0 Å². The van der Waals surface area contributed by atoms with Crippen LogP contribution in [-0.2, 0) is 13.6 Å². The fraction of sp³-hybridized carbons (Fsp3) is 0.304. The lowest BCUT2D eigenvalue weighted by Crippen LogP contribution is -2.50. The van der Waals surface area contributed by atoms with Crippen LogP contribution in [0.4, 0.5) is 0 Å². The molecule has 3 heterocycles. The molecule has 0 fully saturated rings. The lowest BCUT2D eigenvalue weighted by molar-refractivity contribution is 0.0645. The zero-order valence-electron chi connectivity index (χ0n) is 17.3. The Labute approximate surface area is 170 Å². The van der Waals surface area contributed by atoms with Gasteiger partial charge in [0.25, 0.3) is 11.8 Å². The highest BCUT2D eigenvalue weighted by Crippen LogP contribution is 2.30. The van der Waals surface area contributed by atoms with Gasteiger partial charge in [0, 0.05) is 39.1 Å². The van der Waals surface area contributed by atoms with Gasteiger partial charge in [-0.25, -0.2) is 0 Å². The summed E-state index contributed by atoms with van der Waals surface area (Å²) in [6.07, 6.45) is 1.91. The highest BCUT2D eigenvalue weighted by molar-refractivity contribution is 5.99. The molecule has 6 nitrogen and oxygen atoms in total. The van der Waals surface area contributed by atoms with Gasteiger partial charge in [-0.1, -0.05) is 30.3 Å². The topological polar surface area (TPSA) is 59.3 Å². The standard InChI is InChI=1S/C23H26N4O2/c1-15-20(16(2)25(3)21(15)17-9-6-5-7-10-17)22(28)24-13-18-14-27-12-8-11-19(27)23(29)26(18)4/h5-12,18H,13-14H2,1-4H3,(H,24,28). The predicted molar refractivity (Wildman–Crippen MR) is 113 cm³/mol. The molecule has 1 unspecified atom stereocenters. The number of fused-ring (bicyclic) bond motifs is 1. The summed E-state index contributed by atoms with van der Waals surface area (Å²) in [5, 5.41) is 3.06. The maximum absolute atomic E-state index is 13.1. The number of rotatable bonds is 4. The molecule has 0 radical (unpaired) electrons. The molecule has 0 spiro atoms. The van der Waals surface area contributed by atoms with Gasteiger partial charge in [-0.05, 0) is 37.1 Å². The Bertz CT molecular complexity index is 1080. The first kappa shape index (κ1) is 19.1. The normalized spacial score (nSPS) is 16.1. The molecule has 0 bridgehead atoms. The van der Waals surface area contributed by atoms with E-state index in [-0.39, 0.29) is 17.9 Å². The van der Waals surface area contributed by atoms with Crippen molar-refractivity contribution in [3.63, 3.8) is 0 Å². The molecule has 1 aromatic carbocycles. The van der Waals surface area contributed by atoms with E-state index in [0.29, 0.717) is 24.3 Å². The molecule has 0 saturated heterocycles. The minimum Gasteiger partial charge on any atom is -0.350 e. The molecule has 29 heavy (non-hydrogen) atoms. The van der Waals surface area contributed by atoms with Crippen LogP contribution >= 0.6 is 0 Å². The Morgan fingerprint density at radius 1 is 1.10 bits per heavy atom. The molecule has 1 aliphatic heterocycles. The number of benzene rings is 1. The maximum atomic E-state index is 13.1. The van der Waals surface area contributed by atoms with Crippen LogP contribution in [0.25, 0.3) is 11.3 Å². The molecule has 0 aliphatic carbocycles. The maximum Gasteiger partial charge on any atom is 0.270 e. The molecule has 6 heteroatoms. The Kier molecular flexibility index (Phi) is 4.78. The third-order valence-electron chi connectivity index (χ3n) is 6.03. The lowest BCUT2D eigenvalue weighted by atomic mass is 10.0. The summed E-state index contributed by atoms with van der Waals surface area (Å²) >= 11 is 0. The van der Waals surface area contributed by atoms with Crippen molar-refractivity contribution < 1.29 is 9.59 Å². The summed E-state index contributed by atoms with van der Waals surface area (Å²) in [5.41, 5.74) is 5.44. The zero-order chi connectivity index (χ0) is 20.7. The van der Waals surface area contributed by atoms with E-state index in [4.69, 9.17) is 0 Å². The monoisotopic (exact) mass is 390 g/mol. The van der Waals surface area contributed by atoms with Crippen LogP contribution in [0.15, 0.2) is 48.7 Å². The van der Waals surface area contributed by atoms with Gasteiger partial charge in [-0.3, -0.25) is 9.59 Å². The van der Waals surface area contributed by atoms with Gasteiger partial charge in [0.2, 0.25) is 0 Å². The van der Waals surface area contributed by atoms with Crippen molar-refractivity contribution in [2.24, 2.45) is 7.05 Å². The van der Waals surface area contributed by atoms with Crippen molar-refractivity contribution >= 4 is 11.8 Å². The average Bonchev–Trinajstić information content (AvgIpc) is 3.27. The molecule has 4 rings (SSSR count). The van der Waals surface area contributed by atoms with Crippen molar-refractivity contribution in [3.8, 4) is 11.3 Å². The van der Waals surface area contributed by atoms with E-state index < -0.39 is 0 Å². The number of hydrogen-bond donors (Lipinski definition) is 1. The fourth-order valence-corrected chi connectivity index (χ4v) is 4.28. The zero-order valence-corrected chi connectivity index (χ0v) is 17.3. The number of carbonyl (C=O) groups is 2. The van der Waals surface area contributed by atoms with E-state index in [1.54, 1.807) is 11.9 Å². The van der Waals surface area contributed by atoms with Crippen molar-refractivity contribution in [1.29, 1.82) is 0 Å². The second-order valence-corrected chi connectivity index (χ2v) is 7.68. The SMILES string of the molecule is Cc1c(C(=O)NCC2Cn3cccc3C(=O)N2C)c(C)n(C)c1-c1ccccc1. The van der Waals surface area contributed by atoms with Gasteiger partial charge in [0.05, 0.1) is 17.3 Å². The van der Waals surface area contributed by atoms with Crippen LogP contribution < -0.4 is 5.32 Å². The fourth-order valence-electron chi connectivity index (χ4n) is 4.28. The van der Waals surface area contributed by atoms with Gasteiger partial charge in [0.15, 0.2) is 0 Å². The van der Waals surface area contributed by atoms with E-state index >= 15 is 0 Å². The van der Waals surface area contributed by atoms with E-state index in [2.05, 4.69) is 22.0 Å². The molecular formula is C23H26N4O2. The van der Waals surface area contributed by atoms with Crippen molar-refractivity contribution in [2.75, 3.05) is 13.6 Å². The lowest BCUT2D eigenvalue weighted by Gasteiger charge is -2.33. The molecule has 1 N–H and O–H groups in total. The molecular weight excluding hydrogens is 364 g/mol. The first-order chi connectivity index (χ1) is 13.9. The first-order valence-electron chi connectivity index (χ1n) is 9.82. The van der Waals surface area contributed by atoms with Crippen LogP contribution in [-0.4, -0.2) is 45.5 Å². The first-order valence-corrected chi connectivity index (χ1v) is 9.82. The Balaban J connectivity index is 1.55. The molecule has 0 saturated carbocycles. The van der Waals surface area contributed by atoms with Gasteiger partial charge in [-0.2, -0.15) is 0 Å². The minimum absolute atomic E-state index is 0.0149. The van der Waals surface area contributed by atoms with Crippen LogP contribution in [0.5, 0.6) is 0 Å². The summed E-state index contributed by atoms with van der Waals surface area (Å²) in [5.74, 6) is -0.115. The molecule has 1 aliphatic rings. The Morgan fingerprint density at radius 2 is 1.83 bits per heavy atom. The molecule has 2 amide bonds. The number of likely N-dealkylation sites (N-methyl/N-ethyl adjacent to an activating group) is 1. The second kappa shape index (κ2) is 7.28. The summed E-state index contributed by atoms with van der Waals surface area (Å²) in [7, 11) is 3.78. The summed E-state index contributed by atoms with van der Waals surface area (Å²) in [6.45, 7) is 5.04. The number of nitrogens with one attached hydrogen (secondary N) is 1. The smallest absolute Gasteiger partial charge is 0.270 e. The van der Waals surface area contributed by atoms with Crippen LogP contribution in [0.1, 0.15) is 32.1 Å². The number of nitrogens with zero attached hydrogens (tertiary/aromatic N) is 3. The summed E-state index contributed by atoms with van der Waals surface area (Å²) in [4.78, 5) is 27.3. The van der Waals surface area contributed by atoms with Gasteiger partial charge in [0.1, 0.15) is 5.69 Å². The molecule has 150 valence electrons. The number of amides is 2. The molecule has 3 aromatic rings. The highest BCUT2D eigenvalue weighted by Gasteiger charge is 2.30. The summed E-state index contributed by atoms with van der Waals surface area (Å²) in [6, 6.07) is 13.7. The van der Waals surface area contributed by atoms with Crippen molar-refractivity contribution in [1.82, 2.24) is 19.4 Å². The Hall–Kier alpha value is -3.28. The van der Waals surface area contributed by atoms with Gasteiger partial charge >= 0.3 is 0 Å². The predicted octanol–water partition coefficient (Wildman–Crippen LogP) is 2.99. The molecule has 2 aromatic heterocycles. The van der Waals surface area contributed by atoms with E-state index in [9.17, 15) is 9.59 Å². The van der Waals surface area contributed by atoms with Crippen LogP contribution in [0.2, 0.25) is 0 Å². The van der Waals surface area contributed by atoms with Gasteiger partial charge in [-0.15, -0.1) is 0 Å². The summed E-state index contributed by atoms with van der Waals surface area (Å²) < 4.78 is 4.02. The second-order valence-electron chi connectivity index (χ2n) is 7.68. The van der Waals surface area contributed by atoms with E-state index in [1.807, 2.05) is 62.0 Å². The average molecular weight is 390 g/mol. The van der Waals surface area contributed by atoms with Crippen molar-refractivity contribution in [3.05, 3.63) is 71.2 Å². The number of carbonyl (C=O) groups excluding carboxylic acids is 2. The van der Waals surface area contributed by atoms with Crippen LogP contribution in [0.3, 0.4) is 0 Å². The minimum atomic E-state index is -0.100. The largest absolute Gasteiger partial charge is 0.350 e. The number of hydrogen-bond acceptors (Lipinski definition) is 2. The van der Waals surface area contributed by atoms with Crippen LogP contribution in [0, 0.1) is 13.8 Å². The molecule has 1 atom stereocenters. The third-order valence-corrected chi connectivity index (χ3v) is 6.03. The third kappa shape index (κ3) is 3.14. The highest BCUT2D eigenvalue weighted by atomic mass is 16.2. The van der Waals surface area contributed by atoms with E-state index in [0.717, 1.165) is 22.5 Å². The quantitative estimate of drug-likeness (QED) is 0.745.